The fourth-order valence-electron chi connectivity index (χ4n) is 4.46. The van der Waals surface area contributed by atoms with Crippen molar-refractivity contribution in [2.45, 2.75) is 32.5 Å². The highest BCUT2D eigenvalue weighted by atomic mass is 32.1. The Morgan fingerprint density at radius 3 is 2.63 bits per heavy atom. The maximum Gasteiger partial charge on any atom is 0.277 e. The fraction of sp³-hybridized carbons (Fsp3) is 0.222. The van der Waals surface area contributed by atoms with Crippen LogP contribution in [0.4, 0.5) is 5.69 Å². The van der Waals surface area contributed by atoms with E-state index >= 15 is 0 Å². The first-order chi connectivity index (χ1) is 16.9. The number of hydrogen-bond acceptors (Lipinski definition) is 5. The maximum atomic E-state index is 13.9. The molecule has 0 fully saturated rings. The minimum Gasteiger partial charge on any atom is -0.497 e. The van der Waals surface area contributed by atoms with E-state index in [0.717, 1.165) is 21.7 Å². The van der Waals surface area contributed by atoms with E-state index in [9.17, 15) is 9.59 Å². The van der Waals surface area contributed by atoms with Crippen LogP contribution in [0.1, 0.15) is 28.5 Å². The standard InChI is InChI=1S/C27H26N4O3S/c1-18-6-4-7-19(14-18)16-28-26(33)27(2)17-30-23(15-22(29-30)24-8-5-13-35-24)25(32)31(27)20-9-11-21(34-3)12-10-20/h4-15H,16-17H2,1-3H3,(H,28,33)/t27-/m1/s1. The molecule has 0 saturated carbocycles. The number of aromatic nitrogens is 2. The average Bonchev–Trinajstić information content (AvgIpc) is 3.53. The summed E-state index contributed by atoms with van der Waals surface area (Å²) in [4.78, 5) is 30.1. The lowest BCUT2D eigenvalue weighted by Crippen LogP contribution is -2.64. The number of nitrogens with zero attached hydrogens (tertiary/aromatic N) is 3. The van der Waals surface area contributed by atoms with Crippen molar-refractivity contribution >= 4 is 28.8 Å². The van der Waals surface area contributed by atoms with Crippen LogP contribution in [-0.2, 0) is 17.9 Å². The molecule has 1 atom stereocenters. The number of aryl methyl sites for hydroxylation is 1. The number of carbonyl (C=O) groups excluding carboxylic acids is 2. The highest BCUT2D eigenvalue weighted by Crippen LogP contribution is 2.35. The second-order valence-electron chi connectivity index (χ2n) is 8.83. The van der Waals surface area contributed by atoms with Crippen LogP contribution in [-0.4, -0.2) is 34.2 Å². The molecule has 1 aliphatic rings. The van der Waals surface area contributed by atoms with Gasteiger partial charge in [0.15, 0.2) is 0 Å². The number of benzene rings is 2. The Kier molecular flexibility index (Phi) is 5.90. The van der Waals surface area contributed by atoms with Crippen molar-refractivity contribution in [3.05, 3.63) is 88.9 Å². The lowest BCUT2D eigenvalue weighted by atomic mass is 9.93. The topological polar surface area (TPSA) is 76.5 Å². The number of nitrogens with one attached hydrogen (secondary N) is 1. The third-order valence-electron chi connectivity index (χ3n) is 6.28. The molecule has 0 radical (unpaired) electrons. The summed E-state index contributed by atoms with van der Waals surface area (Å²) in [7, 11) is 1.59. The number of hydrogen-bond donors (Lipinski definition) is 1. The minimum absolute atomic E-state index is 0.227. The lowest BCUT2D eigenvalue weighted by Gasteiger charge is -2.43. The first-order valence-electron chi connectivity index (χ1n) is 11.3. The number of fused-ring (bicyclic) bond motifs is 1. The number of anilines is 1. The molecular weight excluding hydrogens is 460 g/mol. The van der Waals surface area contributed by atoms with Crippen molar-refractivity contribution in [2.75, 3.05) is 12.0 Å². The number of thiophene rings is 1. The van der Waals surface area contributed by atoms with Gasteiger partial charge in [0.1, 0.15) is 22.7 Å². The zero-order chi connectivity index (χ0) is 24.6. The molecule has 2 aromatic carbocycles. The third kappa shape index (κ3) is 4.21. The average molecular weight is 487 g/mol. The number of ether oxygens (including phenoxy) is 1. The van der Waals surface area contributed by atoms with Crippen LogP contribution in [0.15, 0.2) is 72.1 Å². The Hall–Kier alpha value is -3.91. The lowest BCUT2D eigenvalue weighted by molar-refractivity contribution is -0.126. The van der Waals surface area contributed by atoms with Gasteiger partial charge in [-0.2, -0.15) is 5.10 Å². The Morgan fingerprint density at radius 2 is 1.94 bits per heavy atom. The molecule has 0 aliphatic carbocycles. The molecule has 2 amide bonds. The Bertz CT molecular complexity index is 1380. The van der Waals surface area contributed by atoms with Crippen LogP contribution < -0.4 is 15.0 Å². The van der Waals surface area contributed by atoms with Gasteiger partial charge >= 0.3 is 0 Å². The molecule has 2 aromatic heterocycles. The van der Waals surface area contributed by atoms with E-state index in [0.29, 0.717) is 23.7 Å². The van der Waals surface area contributed by atoms with Gasteiger partial charge in [0, 0.05) is 12.2 Å². The Labute approximate surface area is 208 Å². The van der Waals surface area contributed by atoms with Crippen LogP contribution in [0.5, 0.6) is 5.75 Å². The van der Waals surface area contributed by atoms with Gasteiger partial charge < -0.3 is 10.1 Å². The van der Waals surface area contributed by atoms with Gasteiger partial charge in [-0.3, -0.25) is 19.2 Å². The first kappa shape index (κ1) is 22.9. The van der Waals surface area contributed by atoms with Crippen LogP contribution in [0.25, 0.3) is 10.6 Å². The Balaban J connectivity index is 1.53. The van der Waals surface area contributed by atoms with Crippen molar-refractivity contribution in [1.82, 2.24) is 15.1 Å². The maximum absolute atomic E-state index is 13.9. The van der Waals surface area contributed by atoms with Gasteiger partial charge in [-0.25, -0.2) is 0 Å². The minimum atomic E-state index is -1.19. The molecule has 0 unspecified atom stereocenters. The zero-order valence-electron chi connectivity index (χ0n) is 19.8. The van der Waals surface area contributed by atoms with E-state index < -0.39 is 5.54 Å². The molecule has 4 aromatic rings. The quantitative estimate of drug-likeness (QED) is 0.430. The fourth-order valence-corrected chi connectivity index (χ4v) is 5.14. The second-order valence-corrected chi connectivity index (χ2v) is 9.78. The molecule has 1 N–H and O–H groups in total. The summed E-state index contributed by atoms with van der Waals surface area (Å²) >= 11 is 1.56. The molecule has 1 aliphatic heterocycles. The van der Waals surface area contributed by atoms with Crippen molar-refractivity contribution in [3.8, 4) is 16.3 Å². The van der Waals surface area contributed by atoms with Gasteiger partial charge in [-0.15, -0.1) is 11.3 Å². The summed E-state index contributed by atoms with van der Waals surface area (Å²) in [6.07, 6.45) is 0. The normalized spacial score (nSPS) is 17.2. The van der Waals surface area contributed by atoms with E-state index in [1.54, 1.807) is 65.3 Å². The zero-order valence-corrected chi connectivity index (χ0v) is 20.6. The summed E-state index contributed by atoms with van der Waals surface area (Å²) in [6.45, 7) is 4.40. The van der Waals surface area contributed by atoms with Gasteiger partial charge in [0.05, 0.1) is 18.5 Å². The third-order valence-corrected chi connectivity index (χ3v) is 7.17. The molecule has 0 bridgehead atoms. The van der Waals surface area contributed by atoms with E-state index in [-0.39, 0.29) is 18.4 Å². The molecule has 35 heavy (non-hydrogen) atoms. The van der Waals surface area contributed by atoms with Gasteiger partial charge in [0.25, 0.3) is 5.91 Å². The number of methoxy groups -OCH3 is 1. The molecule has 178 valence electrons. The van der Waals surface area contributed by atoms with Gasteiger partial charge in [-0.1, -0.05) is 35.9 Å². The smallest absolute Gasteiger partial charge is 0.277 e. The van der Waals surface area contributed by atoms with E-state index in [2.05, 4.69) is 10.4 Å². The summed E-state index contributed by atoms with van der Waals surface area (Å²) in [6, 6.07) is 20.9. The summed E-state index contributed by atoms with van der Waals surface area (Å²) in [5, 5.41) is 9.71. The summed E-state index contributed by atoms with van der Waals surface area (Å²) in [5.41, 5.74) is 2.73. The molecule has 5 rings (SSSR count). The van der Waals surface area contributed by atoms with E-state index in [4.69, 9.17) is 4.74 Å². The Morgan fingerprint density at radius 1 is 1.14 bits per heavy atom. The van der Waals surface area contributed by atoms with Crippen LogP contribution in [0.3, 0.4) is 0 Å². The molecule has 7 nitrogen and oxygen atoms in total. The van der Waals surface area contributed by atoms with E-state index in [1.807, 2.05) is 48.7 Å². The highest BCUT2D eigenvalue weighted by Gasteiger charge is 2.48. The van der Waals surface area contributed by atoms with Crippen LogP contribution in [0, 0.1) is 6.92 Å². The molecule has 0 spiro atoms. The van der Waals surface area contributed by atoms with E-state index in [1.165, 1.54) is 0 Å². The predicted molar refractivity (Wildman–Crippen MR) is 137 cm³/mol. The first-order valence-corrected chi connectivity index (χ1v) is 12.2. The van der Waals surface area contributed by atoms with Crippen molar-refractivity contribution in [1.29, 1.82) is 0 Å². The summed E-state index contributed by atoms with van der Waals surface area (Å²) in [5.74, 6) is 0.153. The molecular formula is C27H26N4O3S. The largest absolute Gasteiger partial charge is 0.497 e. The number of carbonyl (C=O) groups is 2. The predicted octanol–water partition coefficient (Wildman–Crippen LogP) is 4.66. The van der Waals surface area contributed by atoms with Gasteiger partial charge in [-0.05, 0) is 61.2 Å². The molecule has 3 heterocycles. The number of rotatable bonds is 6. The summed E-state index contributed by atoms with van der Waals surface area (Å²) < 4.78 is 6.94. The van der Waals surface area contributed by atoms with Crippen LogP contribution in [0.2, 0.25) is 0 Å². The highest BCUT2D eigenvalue weighted by molar-refractivity contribution is 7.13. The van der Waals surface area contributed by atoms with Crippen molar-refractivity contribution in [2.24, 2.45) is 0 Å². The monoisotopic (exact) mass is 486 g/mol. The second kappa shape index (κ2) is 9.03. The SMILES string of the molecule is COc1ccc(N2C(=O)c3cc(-c4cccs4)nn3C[C@]2(C)C(=O)NCc2cccc(C)c2)cc1. The molecule has 0 saturated heterocycles. The molecule has 8 heteroatoms. The van der Waals surface area contributed by atoms with Gasteiger partial charge in [0.2, 0.25) is 5.91 Å². The number of amides is 2. The van der Waals surface area contributed by atoms with Crippen molar-refractivity contribution < 1.29 is 14.3 Å². The van der Waals surface area contributed by atoms with Crippen molar-refractivity contribution in [3.63, 3.8) is 0 Å². The van der Waals surface area contributed by atoms with Crippen LogP contribution >= 0.6 is 11.3 Å².